The van der Waals surface area contributed by atoms with E-state index in [0.717, 1.165) is 16.7 Å². The fourth-order valence-electron chi connectivity index (χ4n) is 4.34. The number of pyridine rings is 1. The van der Waals surface area contributed by atoms with Gasteiger partial charge >= 0.3 is 10.4 Å². The van der Waals surface area contributed by atoms with Crippen LogP contribution in [0.3, 0.4) is 0 Å². The van der Waals surface area contributed by atoms with E-state index in [9.17, 15) is 39.7 Å². The quantitative estimate of drug-likeness (QED) is 0.0792. The molecule has 0 aliphatic rings. The lowest BCUT2D eigenvalue weighted by molar-refractivity contribution is 0.284. The number of hydrogen-bond acceptors (Lipinski definition) is 17. The van der Waals surface area contributed by atoms with Crippen molar-refractivity contribution < 1.29 is 43.6 Å². The molecule has 2 heterocycles. The number of aromatic nitrogens is 4. The van der Waals surface area contributed by atoms with Crippen LogP contribution in [0.2, 0.25) is 5.28 Å². The summed E-state index contributed by atoms with van der Waals surface area (Å²) in [7, 11) is -13.6. The van der Waals surface area contributed by atoms with Gasteiger partial charge in [-0.3, -0.25) is 18.5 Å². The second-order valence-corrected chi connectivity index (χ2v) is 14.9. The summed E-state index contributed by atoms with van der Waals surface area (Å²) in [5.41, 5.74) is 5.29. The maximum atomic E-state index is 13.0. The number of rotatable bonds is 14. The van der Waals surface area contributed by atoms with Gasteiger partial charge in [0.2, 0.25) is 17.2 Å². The van der Waals surface area contributed by atoms with Crippen molar-refractivity contribution in [3.05, 3.63) is 69.2 Å². The maximum Gasteiger partial charge on any atom is 0.397 e. The third-order valence-corrected chi connectivity index (χ3v) is 9.94. The van der Waals surface area contributed by atoms with Gasteiger partial charge in [0.25, 0.3) is 15.7 Å². The molecule has 4 aromatic rings. The Morgan fingerprint density at radius 2 is 1.54 bits per heavy atom. The van der Waals surface area contributed by atoms with Gasteiger partial charge in [-0.15, -0.1) is 10.2 Å². The second kappa shape index (κ2) is 15.1. The van der Waals surface area contributed by atoms with Crippen LogP contribution in [-0.4, -0.2) is 71.3 Å². The highest BCUT2D eigenvalue weighted by atomic mass is 35.5. The minimum Gasteiger partial charge on any atom is -0.494 e. The monoisotopic (exact) mass is 773 g/mol. The van der Waals surface area contributed by atoms with E-state index in [1.807, 2.05) is 0 Å². The zero-order chi connectivity index (χ0) is 37.0. The topological polar surface area (TPSA) is 308 Å². The largest absolute Gasteiger partial charge is 0.494 e. The van der Waals surface area contributed by atoms with Gasteiger partial charge in [-0.1, -0.05) is 0 Å². The lowest BCUT2D eigenvalue weighted by atomic mass is 10.1. The van der Waals surface area contributed by atoms with Gasteiger partial charge < -0.3 is 21.5 Å². The first-order chi connectivity index (χ1) is 23.3. The lowest BCUT2D eigenvalue weighted by Crippen LogP contribution is -2.22. The highest BCUT2D eigenvalue weighted by molar-refractivity contribution is 7.91. The number of nitrogens with one attached hydrogen (secondary N) is 2. The van der Waals surface area contributed by atoms with E-state index >= 15 is 0 Å². The fourth-order valence-corrected chi connectivity index (χ4v) is 6.59. The third kappa shape index (κ3) is 9.33. The molecule has 4 rings (SSSR count). The zero-order valence-corrected chi connectivity index (χ0v) is 29.0. The van der Waals surface area contributed by atoms with E-state index in [2.05, 4.69) is 40.0 Å². The molecule has 0 atom stereocenters. The van der Waals surface area contributed by atoms with E-state index in [1.54, 1.807) is 6.92 Å². The number of azo groups is 1. The molecule has 0 saturated heterocycles. The Kier molecular flexibility index (Phi) is 11.5. The molecule has 0 spiro atoms. The van der Waals surface area contributed by atoms with E-state index in [4.69, 9.17) is 21.9 Å². The molecule has 2 aromatic heterocycles. The third-order valence-electron chi connectivity index (χ3n) is 6.71. The van der Waals surface area contributed by atoms with Crippen molar-refractivity contribution in [3.63, 3.8) is 0 Å². The van der Waals surface area contributed by atoms with Gasteiger partial charge in [0.1, 0.15) is 10.6 Å². The number of halogens is 1. The van der Waals surface area contributed by atoms with Gasteiger partial charge in [-0.25, -0.2) is 12.6 Å². The van der Waals surface area contributed by atoms with Gasteiger partial charge in [-0.05, 0) is 73.5 Å². The van der Waals surface area contributed by atoms with Crippen LogP contribution in [0.1, 0.15) is 18.1 Å². The normalized spacial score (nSPS) is 12.4. The summed E-state index contributed by atoms with van der Waals surface area (Å²) >= 11 is 6.07. The number of aromatic hydroxyl groups is 1. The first-order valence-corrected chi connectivity index (χ1v) is 18.8. The van der Waals surface area contributed by atoms with Crippen molar-refractivity contribution in [2.24, 2.45) is 16.0 Å². The van der Waals surface area contributed by atoms with Crippen molar-refractivity contribution in [3.8, 4) is 5.88 Å². The van der Waals surface area contributed by atoms with Crippen LogP contribution in [0, 0.1) is 6.92 Å². The molecule has 0 unspecified atom stereocenters. The van der Waals surface area contributed by atoms with Crippen LogP contribution in [0.25, 0.3) is 0 Å². The molecule has 24 heteroatoms. The molecular formula is C26H28ClN9O11S3. The molecule has 2 aromatic carbocycles. The predicted molar refractivity (Wildman–Crippen MR) is 178 cm³/mol. The summed E-state index contributed by atoms with van der Waals surface area (Å²) < 4.78 is 93.9. The predicted octanol–water partition coefficient (Wildman–Crippen LogP) is 2.92. The first-order valence-electron chi connectivity index (χ1n) is 13.9. The fraction of sp³-hybridized carbons (Fsp3) is 0.231. The van der Waals surface area contributed by atoms with Gasteiger partial charge in [0.05, 0.1) is 17.3 Å². The number of anilines is 4. The van der Waals surface area contributed by atoms with Crippen LogP contribution < -0.4 is 21.9 Å². The molecule has 20 nitrogen and oxygen atoms in total. The van der Waals surface area contributed by atoms with Crippen LogP contribution in [-0.2, 0) is 47.6 Å². The van der Waals surface area contributed by atoms with E-state index in [-0.39, 0.29) is 69.2 Å². The van der Waals surface area contributed by atoms with E-state index in [1.165, 1.54) is 37.3 Å². The Labute approximate surface area is 289 Å². The Balaban J connectivity index is 1.61. The minimum absolute atomic E-state index is 0.0759. The van der Waals surface area contributed by atoms with Gasteiger partial charge in [0, 0.05) is 30.0 Å². The van der Waals surface area contributed by atoms with Crippen molar-refractivity contribution in [1.82, 2.24) is 19.5 Å². The van der Waals surface area contributed by atoms with Crippen molar-refractivity contribution >= 4 is 76.6 Å². The summed E-state index contributed by atoms with van der Waals surface area (Å²) in [4.78, 5) is 24.3. The first kappa shape index (κ1) is 38.2. The van der Waals surface area contributed by atoms with E-state index < -0.39 is 53.2 Å². The van der Waals surface area contributed by atoms with Gasteiger partial charge in [-0.2, -0.15) is 31.8 Å². The maximum absolute atomic E-state index is 13.0. The molecule has 7 N–H and O–H groups in total. The second-order valence-electron chi connectivity index (χ2n) is 9.98. The SMILES string of the molecule is CCn1c(O)c(CN)c(C)c(N=Nc2cc(Nc3nc(Cl)nc(Nc4ccc(S(=O)(=O)CCOS(=O)(=O)O)cc4)n3)ccc2S(=O)(=O)O)c1=O. The summed E-state index contributed by atoms with van der Waals surface area (Å²) in [5, 5.41) is 23.6. The summed E-state index contributed by atoms with van der Waals surface area (Å²) in [5.74, 6) is -1.32. The molecule has 0 amide bonds. The molecule has 0 radical (unpaired) electrons. The molecular weight excluding hydrogens is 746 g/mol. The molecule has 0 aliphatic heterocycles. The average molecular weight is 774 g/mol. The highest BCUT2D eigenvalue weighted by Crippen LogP contribution is 2.32. The van der Waals surface area contributed by atoms with Crippen LogP contribution in [0.15, 0.2) is 67.3 Å². The Morgan fingerprint density at radius 1 is 0.940 bits per heavy atom. The van der Waals surface area contributed by atoms with Crippen LogP contribution in [0.5, 0.6) is 5.88 Å². The lowest BCUT2D eigenvalue weighted by Gasteiger charge is -2.14. The summed E-state index contributed by atoms with van der Waals surface area (Å²) in [6.45, 7) is 2.24. The molecule has 0 bridgehead atoms. The molecule has 0 fully saturated rings. The number of sulfone groups is 1. The zero-order valence-electron chi connectivity index (χ0n) is 25.8. The molecule has 268 valence electrons. The number of benzene rings is 2. The number of nitrogens with two attached hydrogens (primary N) is 1. The number of hydrogen-bond donors (Lipinski definition) is 6. The smallest absolute Gasteiger partial charge is 0.397 e. The Morgan fingerprint density at radius 3 is 2.10 bits per heavy atom. The summed E-state index contributed by atoms with van der Waals surface area (Å²) in [6, 6.07) is 8.56. The van der Waals surface area contributed by atoms with Crippen LogP contribution >= 0.6 is 11.6 Å². The van der Waals surface area contributed by atoms with Crippen molar-refractivity contribution in [2.75, 3.05) is 23.0 Å². The van der Waals surface area contributed by atoms with Gasteiger partial charge in [0.15, 0.2) is 21.4 Å². The number of nitrogens with zero attached hydrogens (tertiary/aromatic N) is 6. The van der Waals surface area contributed by atoms with E-state index in [0.29, 0.717) is 5.69 Å². The Bertz CT molecular complexity index is 2360. The van der Waals surface area contributed by atoms with Crippen molar-refractivity contribution in [2.45, 2.75) is 36.7 Å². The average Bonchev–Trinajstić information content (AvgIpc) is 3.00. The van der Waals surface area contributed by atoms with Crippen LogP contribution in [0.4, 0.5) is 34.6 Å². The highest BCUT2D eigenvalue weighted by Gasteiger charge is 2.21. The minimum atomic E-state index is -4.83. The molecule has 0 saturated carbocycles. The molecule has 50 heavy (non-hydrogen) atoms. The van der Waals surface area contributed by atoms with Crippen molar-refractivity contribution in [1.29, 1.82) is 0 Å². The standard InChI is InChI=1S/C26H28ClN9O11S3/c1-3-36-22(37)18(13-28)14(2)21(23(36)38)35-34-19-12-16(6-9-20(19)49(41,42)43)30-26-32-24(27)31-25(33-26)29-15-4-7-17(8-5-15)48(39,40)11-10-47-50(44,45)46/h4-9,12,37H,3,10-11,13,28H2,1-2H3,(H,41,42,43)(H,44,45,46)(H2,29,30,31,32,33). The Hall–Kier alpha value is -4.62. The summed E-state index contributed by atoms with van der Waals surface area (Å²) in [6.07, 6.45) is 0. The molecule has 0 aliphatic carbocycles.